The largest absolute Gasteiger partial charge is 0.333 e. The monoisotopic (exact) mass is 330 g/mol. The number of hydrogen-bond acceptors (Lipinski definition) is 3. The first-order chi connectivity index (χ1) is 8.49. The molecule has 0 aromatic carbocycles. The number of thiophene rings is 1. The number of rotatable bonds is 3. The quantitative estimate of drug-likeness (QED) is 0.925. The molecule has 2 rings (SSSR count). The van der Waals surface area contributed by atoms with Gasteiger partial charge in [0.2, 0.25) is 5.91 Å². The van der Waals surface area contributed by atoms with E-state index in [1.54, 1.807) is 11.3 Å². The average molecular weight is 331 g/mol. The maximum atomic E-state index is 12.1. The molecule has 1 fully saturated rings. The third-order valence-corrected chi connectivity index (χ3v) is 4.89. The lowest BCUT2D eigenvalue weighted by molar-refractivity contribution is -0.137. The van der Waals surface area contributed by atoms with Crippen LogP contribution < -0.4 is 5.73 Å². The number of nitrogens with two attached hydrogens (primary N) is 1. The van der Waals surface area contributed by atoms with Crippen LogP contribution in [-0.4, -0.2) is 23.4 Å². The van der Waals surface area contributed by atoms with Crippen molar-refractivity contribution in [2.75, 3.05) is 6.54 Å². The van der Waals surface area contributed by atoms with E-state index in [1.165, 1.54) is 4.88 Å². The Morgan fingerprint density at radius 1 is 1.56 bits per heavy atom. The minimum atomic E-state index is 0.0462. The maximum Gasteiger partial charge on any atom is 0.223 e. The van der Waals surface area contributed by atoms with Crippen LogP contribution in [0.2, 0.25) is 0 Å². The van der Waals surface area contributed by atoms with Gasteiger partial charge in [-0.15, -0.1) is 11.3 Å². The topological polar surface area (TPSA) is 46.3 Å². The van der Waals surface area contributed by atoms with Crippen LogP contribution in [0.4, 0.5) is 0 Å². The number of carbonyl (C=O) groups excluding carboxylic acids is 1. The Hall–Kier alpha value is -0.390. The van der Waals surface area contributed by atoms with Gasteiger partial charge in [0.1, 0.15) is 0 Å². The van der Waals surface area contributed by atoms with Crippen LogP contribution >= 0.6 is 27.3 Å². The van der Waals surface area contributed by atoms with E-state index >= 15 is 0 Å². The molecule has 2 unspecified atom stereocenters. The van der Waals surface area contributed by atoms with Gasteiger partial charge in [-0.2, -0.15) is 0 Å². The Labute approximate surface area is 120 Å². The van der Waals surface area contributed by atoms with E-state index in [-0.39, 0.29) is 18.0 Å². The second kappa shape index (κ2) is 5.72. The number of halogens is 1. The summed E-state index contributed by atoms with van der Waals surface area (Å²) in [7, 11) is 0. The lowest BCUT2D eigenvalue weighted by atomic mass is 9.94. The van der Waals surface area contributed by atoms with Crippen molar-refractivity contribution in [2.45, 2.75) is 38.8 Å². The molecule has 1 aliphatic heterocycles. The zero-order chi connectivity index (χ0) is 13.3. The van der Waals surface area contributed by atoms with E-state index in [4.69, 9.17) is 5.73 Å². The van der Waals surface area contributed by atoms with Crippen molar-refractivity contribution in [1.82, 2.24) is 4.90 Å². The van der Waals surface area contributed by atoms with Crippen molar-refractivity contribution >= 4 is 33.2 Å². The van der Waals surface area contributed by atoms with Crippen LogP contribution in [0.15, 0.2) is 15.9 Å². The van der Waals surface area contributed by atoms with Gasteiger partial charge in [0.15, 0.2) is 0 Å². The van der Waals surface area contributed by atoms with E-state index in [9.17, 15) is 4.79 Å². The molecule has 3 nitrogen and oxygen atoms in total. The van der Waals surface area contributed by atoms with E-state index in [0.29, 0.717) is 12.3 Å². The van der Waals surface area contributed by atoms with Crippen molar-refractivity contribution in [3.8, 4) is 0 Å². The van der Waals surface area contributed by atoms with Gasteiger partial charge < -0.3 is 10.6 Å². The molecule has 0 radical (unpaired) electrons. The molecule has 5 heteroatoms. The molecule has 0 bridgehead atoms. The van der Waals surface area contributed by atoms with Crippen molar-refractivity contribution in [3.63, 3.8) is 0 Å². The number of nitrogens with zero attached hydrogens (tertiary/aromatic N) is 1. The van der Waals surface area contributed by atoms with E-state index in [2.05, 4.69) is 35.8 Å². The molecule has 1 amide bonds. The second-order valence-corrected chi connectivity index (χ2v) is 7.72. The van der Waals surface area contributed by atoms with Gasteiger partial charge in [0, 0.05) is 23.9 Å². The van der Waals surface area contributed by atoms with Gasteiger partial charge in [-0.3, -0.25) is 4.79 Å². The van der Waals surface area contributed by atoms with E-state index < -0.39 is 0 Å². The number of hydrogen-bond donors (Lipinski definition) is 1. The summed E-state index contributed by atoms with van der Waals surface area (Å²) in [4.78, 5) is 15.3. The predicted molar refractivity (Wildman–Crippen MR) is 78.5 cm³/mol. The fourth-order valence-electron chi connectivity index (χ4n) is 2.44. The fraction of sp³-hybridized carbons (Fsp3) is 0.615. The highest BCUT2D eigenvalue weighted by Crippen LogP contribution is 2.36. The summed E-state index contributed by atoms with van der Waals surface area (Å²) in [5.74, 6) is 0.699. The summed E-state index contributed by atoms with van der Waals surface area (Å²) in [6, 6.07) is 4.20. The molecular formula is C13H19BrN2OS. The SMILES string of the molecule is CC(C)CN1C(=O)CCC(N)C1c1ccc(Br)s1. The Balaban J connectivity index is 2.28. The Morgan fingerprint density at radius 3 is 2.83 bits per heavy atom. The third-order valence-electron chi connectivity index (χ3n) is 3.20. The molecule has 1 aliphatic rings. The molecule has 1 aromatic rings. The van der Waals surface area contributed by atoms with Gasteiger partial charge in [-0.1, -0.05) is 13.8 Å². The minimum Gasteiger partial charge on any atom is -0.333 e. The van der Waals surface area contributed by atoms with E-state index in [1.807, 2.05) is 11.0 Å². The number of piperidine rings is 1. The molecule has 18 heavy (non-hydrogen) atoms. The van der Waals surface area contributed by atoms with E-state index in [0.717, 1.165) is 16.8 Å². The van der Waals surface area contributed by atoms with Crippen molar-refractivity contribution in [2.24, 2.45) is 11.7 Å². The highest BCUT2D eigenvalue weighted by Gasteiger charge is 2.35. The van der Waals surface area contributed by atoms with Crippen LogP contribution in [0.25, 0.3) is 0 Å². The standard InChI is InChI=1S/C13H19BrN2OS/c1-8(2)7-16-12(17)6-3-9(15)13(16)10-4-5-11(14)18-10/h4-5,8-9,13H,3,6-7,15H2,1-2H3. The fourth-order valence-corrected chi connectivity index (χ4v) is 4.05. The Morgan fingerprint density at radius 2 is 2.28 bits per heavy atom. The van der Waals surface area contributed by atoms with Crippen molar-refractivity contribution < 1.29 is 4.79 Å². The lowest BCUT2D eigenvalue weighted by Gasteiger charge is -2.40. The molecule has 2 heterocycles. The number of carbonyl (C=O) groups is 1. The Bertz CT molecular complexity index is 432. The first-order valence-corrected chi connectivity index (χ1v) is 7.90. The smallest absolute Gasteiger partial charge is 0.223 e. The molecule has 1 aromatic heterocycles. The summed E-state index contributed by atoms with van der Waals surface area (Å²) in [6.45, 7) is 5.05. The van der Waals surface area contributed by atoms with Crippen LogP contribution in [-0.2, 0) is 4.79 Å². The molecule has 0 saturated carbocycles. The van der Waals surface area contributed by atoms with Gasteiger partial charge in [0.05, 0.1) is 9.83 Å². The maximum absolute atomic E-state index is 12.1. The third kappa shape index (κ3) is 2.95. The highest BCUT2D eigenvalue weighted by molar-refractivity contribution is 9.11. The Kier molecular flexibility index (Phi) is 4.45. The minimum absolute atomic E-state index is 0.0462. The van der Waals surface area contributed by atoms with Crippen LogP contribution in [0.3, 0.4) is 0 Å². The van der Waals surface area contributed by atoms with Gasteiger partial charge in [-0.05, 0) is 40.4 Å². The zero-order valence-electron chi connectivity index (χ0n) is 10.7. The van der Waals surface area contributed by atoms with Gasteiger partial charge >= 0.3 is 0 Å². The van der Waals surface area contributed by atoms with Gasteiger partial charge in [-0.25, -0.2) is 0 Å². The first-order valence-electron chi connectivity index (χ1n) is 6.29. The van der Waals surface area contributed by atoms with Crippen LogP contribution in [0.1, 0.15) is 37.6 Å². The summed E-state index contributed by atoms with van der Waals surface area (Å²) in [6.07, 6.45) is 1.37. The van der Waals surface area contributed by atoms with Crippen LogP contribution in [0.5, 0.6) is 0 Å². The summed E-state index contributed by atoms with van der Waals surface area (Å²) < 4.78 is 1.09. The molecule has 0 spiro atoms. The summed E-state index contributed by atoms with van der Waals surface area (Å²) >= 11 is 5.15. The number of amides is 1. The highest BCUT2D eigenvalue weighted by atomic mass is 79.9. The lowest BCUT2D eigenvalue weighted by Crippen LogP contribution is -2.49. The van der Waals surface area contributed by atoms with Gasteiger partial charge in [0.25, 0.3) is 0 Å². The molecule has 100 valence electrons. The normalized spacial score (nSPS) is 24.9. The summed E-state index contributed by atoms with van der Waals surface area (Å²) in [5, 5.41) is 0. The number of likely N-dealkylation sites (tertiary alicyclic amines) is 1. The van der Waals surface area contributed by atoms with Crippen LogP contribution in [0, 0.1) is 5.92 Å². The molecule has 2 atom stereocenters. The van der Waals surface area contributed by atoms with Crippen molar-refractivity contribution in [3.05, 3.63) is 20.8 Å². The van der Waals surface area contributed by atoms with Crippen molar-refractivity contribution in [1.29, 1.82) is 0 Å². The first kappa shape index (κ1) is 14.0. The second-order valence-electron chi connectivity index (χ2n) is 5.23. The predicted octanol–water partition coefficient (Wildman–Crippen LogP) is 3.16. The molecule has 1 saturated heterocycles. The zero-order valence-corrected chi connectivity index (χ0v) is 13.1. The molecule has 2 N–H and O–H groups in total. The average Bonchev–Trinajstić information content (AvgIpc) is 2.70. The molecule has 0 aliphatic carbocycles. The molecular weight excluding hydrogens is 312 g/mol. The summed E-state index contributed by atoms with van der Waals surface area (Å²) in [5.41, 5.74) is 6.25.